The minimum absolute atomic E-state index is 0.0500. The summed E-state index contributed by atoms with van der Waals surface area (Å²) in [7, 11) is 0. The second-order valence-electron chi connectivity index (χ2n) is 6.74. The Morgan fingerprint density at radius 3 is 2.73 bits per heavy atom. The zero-order chi connectivity index (χ0) is 18.4. The predicted molar refractivity (Wildman–Crippen MR) is 110 cm³/mol. The Morgan fingerprint density at radius 2 is 2.00 bits per heavy atom. The Morgan fingerprint density at radius 1 is 1.27 bits per heavy atom. The number of amides is 1. The number of benzene rings is 1. The number of likely N-dealkylation sites (tertiary alicyclic amines) is 1. The number of carbonyl (C=O) groups is 1. The second kappa shape index (κ2) is 9.53. The van der Waals surface area contributed by atoms with E-state index >= 15 is 0 Å². The number of aromatic nitrogens is 1. The normalized spacial score (nSPS) is 15.8. The minimum atomic E-state index is -0.0500. The van der Waals surface area contributed by atoms with Gasteiger partial charge in [0.15, 0.2) is 0 Å². The van der Waals surface area contributed by atoms with Gasteiger partial charge >= 0.3 is 0 Å². The zero-order valence-corrected chi connectivity index (χ0v) is 17.4. The molecule has 0 saturated carbocycles. The van der Waals surface area contributed by atoms with Crippen molar-refractivity contribution in [2.24, 2.45) is 5.92 Å². The lowest BCUT2D eigenvalue weighted by Crippen LogP contribution is -2.34. The molecule has 0 spiro atoms. The molecule has 1 aliphatic heterocycles. The summed E-state index contributed by atoms with van der Waals surface area (Å²) in [6, 6.07) is 11.7. The van der Waals surface area contributed by atoms with Gasteiger partial charge in [0.05, 0.1) is 5.56 Å². The molecule has 3 rings (SSSR count). The fourth-order valence-electron chi connectivity index (χ4n) is 3.09. The summed E-state index contributed by atoms with van der Waals surface area (Å²) >= 11 is 4.95. The first kappa shape index (κ1) is 19.4. The quantitative estimate of drug-likeness (QED) is 0.699. The summed E-state index contributed by atoms with van der Waals surface area (Å²) in [5.41, 5.74) is 0.633. The molecule has 138 valence electrons. The van der Waals surface area contributed by atoms with Crippen LogP contribution in [-0.2, 0) is 0 Å². The largest absolute Gasteiger partial charge is 0.352 e. The van der Waals surface area contributed by atoms with E-state index < -0.39 is 0 Å². The Hall–Kier alpha value is -1.37. The second-order valence-corrected chi connectivity index (χ2v) is 8.71. The van der Waals surface area contributed by atoms with E-state index in [-0.39, 0.29) is 5.91 Å². The predicted octanol–water partition coefficient (Wildman–Crippen LogP) is 4.46. The molecule has 4 nitrogen and oxygen atoms in total. The lowest BCUT2D eigenvalue weighted by atomic mass is 10.1. The van der Waals surface area contributed by atoms with E-state index in [1.165, 1.54) is 37.7 Å². The third kappa shape index (κ3) is 5.56. The Labute approximate surface area is 167 Å². The maximum atomic E-state index is 12.7. The molecule has 1 amide bonds. The van der Waals surface area contributed by atoms with Gasteiger partial charge in [0, 0.05) is 28.7 Å². The van der Waals surface area contributed by atoms with Crippen molar-refractivity contribution in [3.63, 3.8) is 0 Å². The maximum absolute atomic E-state index is 12.7. The van der Waals surface area contributed by atoms with Crippen LogP contribution in [0.5, 0.6) is 0 Å². The van der Waals surface area contributed by atoms with E-state index in [0.29, 0.717) is 18.0 Å². The number of halogens is 1. The molecule has 0 radical (unpaired) electrons. The van der Waals surface area contributed by atoms with Crippen LogP contribution in [0.4, 0.5) is 0 Å². The van der Waals surface area contributed by atoms with E-state index in [0.717, 1.165) is 20.9 Å². The molecule has 1 fully saturated rings. The first-order chi connectivity index (χ1) is 12.6. The number of nitrogens with one attached hydrogen (secondary N) is 1. The van der Waals surface area contributed by atoms with Crippen LogP contribution in [0.25, 0.3) is 0 Å². The molecule has 1 N–H and O–H groups in total. The average molecular weight is 434 g/mol. The molecular weight excluding hydrogens is 410 g/mol. The minimum Gasteiger partial charge on any atom is -0.352 e. The summed E-state index contributed by atoms with van der Waals surface area (Å²) in [4.78, 5) is 20.6. The fraction of sp³-hybridized carbons (Fsp3) is 0.400. The molecule has 1 unspecified atom stereocenters. The molecule has 26 heavy (non-hydrogen) atoms. The van der Waals surface area contributed by atoms with Crippen molar-refractivity contribution in [1.29, 1.82) is 0 Å². The summed E-state index contributed by atoms with van der Waals surface area (Å²) in [6.07, 6.45) is 4.32. The van der Waals surface area contributed by atoms with Gasteiger partial charge in [0.2, 0.25) is 0 Å². The summed E-state index contributed by atoms with van der Waals surface area (Å²) in [5, 5.41) is 3.82. The van der Waals surface area contributed by atoms with Gasteiger partial charge < -0.3 is 10.2 Å². The van der Waals surface area contributed by atoms with Crippen LogP contribution in [0.1, 0.15) is 30.1 Å². The molecular formula is C20H24BrN3OS. The van der Waals surface area contributed by atoms with Gasteiger partial charge in [-0.15, -0.1) is 0 Å². The molecule has 1 saturated heterocycles. The SMILES string of the molecule is CC(CNC(=O)c1cccnc1Sc1ccc(Br)cc1)CN1CCCC1. The van der Waals surface area contributed by atoms with Crippen LogP contribution >= 0.6 is 27.7 Å². The van der Waals surface area contributed by atoms with Crippen LogP contribution in [-0.4, -0.2) is 42.0 Å². The highest BCUT2D eigenvalue weighted by molar-refractivity contribution is 9.10. The van der Waals surface area contributed by atoms with E-state index in [2.05, 4.69) is 38.1 Å². The Kier molecular flexibility index (Phi) is 7.11. The average Bonchev–Trinajstić information content (AvgIpc) is 3.15. The van der Waals surface area contributed by atoms with E-state index in [9.17, 15) is 4.79 Å². The smallest absolute Gasteiger partial charge is 0.254 e. The zero-order valence-electron chi connectivity index (χ0n) is 15.0. The van der Waals surface area contributed by atoms with Crippen LogP contribution in [0.2, 0.25) is 0 Å². The van der Waals surface area contributed by atoms with Gasteiger partial charge in [0.1, 0.15) is 5.03 Å². The highest BCUT2D eigenvalue weighted by atomic mass is 79.9. The van der Waals surface area contributed by atoms with E-state index in [1.54, 1.807) is 6.20 Å². The van der Waals surface area contributed by atoms with Crippen molar-refractivity contribution in [1.82, 2.24) is 15.2 Å². The number of carbonyl (C=O) groups excluding carboxylic acids is 1. The van der Waals surface area contributed by atoms with Crippen molar-refractivity contribution >= 4 is 33.6 Å². The summed E-state index contributed by atoms with van der Waals surface area (Å²) < 4.78 is 1.04. The number of pyridine rings is 1. The monoisotopic (exact) mass is 433 g/mol. The highest BCUT2D eigenvalue weighted by Gasteiger charge is 2.17. The lowest BCUT2D eigenvalue weighted by Gasteiger charge is -2.20. The molecule has 2 aromatic rings. The van der Waals surface area contributed by atoms with Crippen LogP contribution < -0.4 is 5.32 Å². The van der Waals surface area contributed by atoms with Crippen molar-refractivity contribution < 1.29 is 4.79 Å². The number of hydrogen-bond donors (Lipinski definition) is 1. The molecule has 1 aliphatic rings. The standard InChI is InChI=1S/C20H24BrN3OS/c1-15(14-24-11-2-3-12-24)13-23-19(25)18-5-4-10-22-20(18)26-17-8-6-16(21)7-9-17/h4-10,15H,2-3,11-14H2,1H3,(H,23,25). The third-order valence-electron chi connectivity index (χ3n) is 4.42. The van der Waals surface area contributed by atoms with Crippen LogP contribution in [0.15, 0.2) is 57.0 Å². The van der Waals surface area contributed by atoms with Crippen LogP contribution in [0, 0.1) is 5.92 Å². The number of nitrogens with zero attached hydrogens (tertiary/aromatic N) is 2. The Bertz CT molecular complexity index is 732. The van der Waals surface area contributed by atoms with Crippen LogP contribution in [0.3, 0.4) is 0 Å². The molecule has 0 aliphatic carbocycles. The van der Waals surface area contributed by atoms with Gasteiger partial charge in [0.25, 0.3) is 5.91 Å². The van der Waals surface area contributed by atoms with Crippen molar-refractivity contribution in [3.8, 4) is 0 Å². The number of hydrogen-bond acceptors (Lipinski definition) is 4. The first-order valence-corrected chi connectivity index (χ1v) is 10.6. The lowest BCUT2D eigenvalue weighted by molar-refractivity contribution is 0.0941. The third-order valence-corrected chi connectivity index (χ3v) is 5.98. The molecule has 1 atom stereocenters. The van der Waals surface area contributed by atoms with Crippen molar-refractivity contribution in [3.05, 3.63) is 52.6 Å². The Balaban J connectivity index is 1.59. The maximum Gasteiger partial charge on any atom is 0.254 e. The van der Waals surface area contributed by atoms with E-state index in [1.807, 2.05) is 36.4 Å². The fourth-order valence-corrected chi connectivity index (χ4v) is 4.24. The summed E-state index contributed by atoms with van der Waals surface area (Å²) in [5.74, 6) is 0.391. The van der Waals surface area contributed by atoms with Gasteiger partial charge in [-0.1, -0.05) is 34.6 Å². The molecule has 2 heterocycles. The van der Waals surface area contributed by atoms with Gasteiger partial charge in [-0.2, -0.15) is 0 Å². The summed E-state index contributed by atoms with van der Waals surface area (Å²) in [6.45, 7) is 6.31. The van der Waals surface area contributed by atoms with Crippen molar-refractivity contribution in [2.45, 2.75) is 29.7 Å². The topological polar surface area (TPSA) is 45.2 Å². The highest BCUT2D eigenvalue weighted by Crippen LogP contribution is 2.29. The van der Waals surface area contributed by atoms with Gasteiger partial charge in [-0.25, -0.2) is 4.98 Å². The van der Waals surface area contributed by atoms with Gasteiger partial charge in [-0.05, 0) is 68.2 Å². The van der Waals surface area contributed by atoms with E-state index in [4.69, 9.17) is 0 Å². The van der Waals surface area contributed by atoms with Crippen molar-refractivity contribution in [2.75, 3.05) is 26.2 Å². The van der Waals surface area contributed by atoms with Gasteiger partial charge in [-0.3, -0.25) is 4.79 Å². The first-order valence-electron chi connectivity index (χ1n) is 9.01. The molecule has 1 aromatic carbocycles. The molecule has 0 bridgehead atoms. The molecule has 1 aromatic heterocycles. The number of rotatable bonds is 7. The molecule has 6 heteroatoms.